The Bertz CT molecular complexity index is 387. The van der Waals surface area contributed by atoms with Gasteiger partial charge in [-0.3, -0.25) is 16.0 Å². The lowest BCUT2D eigenvalue weighted by Gasteiger charge is -2.26. The first-order valence-electron chi connectivity index (χ1n) is 6.58. The van der Waals surface area contributed by atoms with Crippen molar-refractivity contribution in [3.63, 3.8) is 0 Å². The summed E-state index contributed by atoms with van der Waals surface area (Å²) in [5.74, 6) is 6.82. The van der Waals surface area contributed by atoms with Gasteiger partial charge < -0.3 is 0 Å². The van der Waals surface area contributed by atoms with E-state index in [2.05, 4.69) is 54.1 Å². The number of hydrogen-bond donors (Lipinski definition) is 2. The van der Waals surface area contributed by atoms with E-state index in [1.165, 1.54) is 5.69 Å². The van der Waals surface area contributed by atoms with E-state index in [0.29, 0.717) is 11.8 Å². The van der Waals surface area contributed by atoms with Crippen molar-refractivity contribution in [1.82, 2.24) is 15.2 Å². The van der Waals surface area contributed by atoms with Crippen molar-refractivity contribution in [2.45, 2.75) is 46.6 Å². The third-order valence-corrected chi connectivity index (χ3v) is 4.73. The van der Waals surface area contributed by atoms with Crippen molar-refractivity contribution in [3.05, 3.63) is 15.9 Å². The highest BCUT2D eigenvalue weighted by atomic mass is 79.9. The molecule has 0 aliphatic carbocycles. The van der Waals surface area contributed by atoms with Gasteiger partial charge in [-0.25, -0.2) is 0 Å². The van der Waals surface area contributed by atoms with Crippen LogP contribution in [0, 0.1) is 11.8 Å². The van der Waals surface area contributed by atoms with Crippen LogP contribution < -0.4 is 11.3 Å². The molecule has 18 heavy (non-hydrogen) atoms. The molecule has 1 aromatic rings. The minimum absolute atomic E-state index is 0.265. The zero-order chi connectivity index (χ0) is 13.9. The average molecular weight is 317 g/mol. The Hall–Kier alpha value is -0.390. The number of halogens is 1. The van der Waals surface area contributed by atoms with Crippen LogP contribution in [0.15, 0.2) is 4.47 Å². The molecule has 2 unspecified atom stereocenters. The molecule has 5 heteroatoms. The van der Waals surface area contributed by atoms with E-state index in [0.717, 1.165) is 23.0 Å². The topological polar surface area (TPSA) is 55.9 Å². The number of aryl methyl sites for hydroxylation is 2. The van der Waals surface area contributed by atoms with Crippen LogP contribution in [0.5, 0.6) is 0 Å². The van der Waals surface area contributed by atoms with Crippen LogP contribution >= 0.6 is 15.9 Å². The lowest BCUT2D eigenvalue weighted by molar-refractivity contribution is 0.295. The molecule has 1 heterocycles. The fourth-order valence-electron chi connectivity index (χ4n) is 2.11. The third kappa shape index (κ3) is 3.33. The second kappa shape index (κ2) is 6.68. The second-order valence-corrected chi connectivity index (χ2v) is 6.06. The summed E-state index contributed by atoms with van der Waals surface area (Å²) in [6.45, 7) is 8.81. The molecule has 0 aliphatic heterocycles. The van der Waals surface area contributed by atoms with E-state index in [1.807, 2.05) is 11.7 Å². The largest absolute Gasteiger partial charge is 0.271 e. The van der Waals surface area contributed by atoms with E-state index >= 15 is 0 Å². The van der Waals surface area contributed by atoms with Crippen LogP contribution in [0.2, 0.25) is 0 Å². The number of hydrogen-bond acceptors (Lipinski definition) is 3. The van der Waals surface area contributed by atoms with Crippen molar-refractivity contribution >= 4 is 15.9 Å². The summed E-state index contributed by atoms with van der Waals surface area (Å²) in [6, 6.07) is 0.265. The summed E-state index contributed by atoms with van der Waals surface area (Å²) < 4.78 is 3.09. The van der Waals surface area contributed by atoms with Crippen molar-refractivity contribution < 1.29 is 0 Å². The van der Waals surface area contributed by atoms with Crippen molar-refractivity contribution in [2.24, 2.45) is 24.7 Å². The van der Waals surface area contributed by atoms with Crippen LogP contribution in [0.3, 0.4) is 0 Å². The van der Waals surface area contributed by atoms with E-state index in [1.54, 1.807) is 0 Å². The summed E-state index contributed by atoms with van der Waals surface area (Å²) in [5.41, 5.74) is 5.27. The first kappa shape index (κ1) is 15.7. The Kier molecular flexibility index (Phi) is 5.82. The van der Waals surface area contributed by atoms with E-state index in [9.17, 15) is 0 Å². The number of nitrogens with zero attached hydrogens (tertiary/aromatic N) is 2. The molecular weight excluding hydrogens is 292 g/mol. The van der Waals surface area contributed by atoms with Gasteiger partial charge in [-0.2, -0.15) is 5.10 Å². The number of rotatable bonds is 6. The van der Waals surface area contributed by atoms with E-state index in [4.69, 9.17) is 5.84 Å². The lowest BCUT2D eigenvalue weighted by atomic mass is 9.88. The average Bonchev–Trinajstić information content (AvgIpc) is 2.61. The third-order valence-electron chi connectivity index (χ3n) is 3.82. The Balaban J connectivity index is 2.91. The van der Waals surface area contributed by atoms with Crippen LogP contribution in [-0.2, 0) is 19.9 Å². The molecule has 4 nitrogen and oxygen atoms in total. The van der Waals surface area contributed by atoms with Gasteiger partial charge in [-0.15, -0.1) is 0 Å². The minimum atomic E-state index is 0.265. The fraction of sp³-hybridized carbons (Fsp3) is 0.769. The first-order valence-corrected chi connectivity index (χ1v) is 7.37. The predicted octanol–water partition coefficient (Wildman–Crippen LogP) is 2.41. The molecule has 1 rings (SSSR count). The molecular formula is C13H25BrN4. The van der Waals surface area contributed by atoms with Gasteiger partial charge in [-0.05, 0) is 34.2 Å². The summed E-state index contributed by atoms with van der Waals surface area (Å²) in [7, 11) is 1.99. The van der Waals surface area contributed by atoms with Crippen LogP contribution in [-0.4, -0.2) is 15.8 Å². The molecule has 0 radical (unpaired) electrons. The molecule has 0 aromatic carbocycles. The molecule has 0 aliphatic rings. The Labute approximate surface area is 118 Å². The van der Waals surface area contributed by atoms with Gasteiger partial charge in [0.05, 0.1) is 15.9 Å². The van der Waals surface area contributed by atoms with Crippen LogP contribution in [0.4, 0.5) is 0 Å². The van der Waals surface area contributed by atoms with Gasteiger partial charge in [0.1, 0.15) is 0 Å². The standard InChI is InChI=1S/C13H25BrN4/c1-6-10-13(14)12(18(5)17-10)7-11(16-15)9(4)8(2)3/h8-9,11,16H,6-7,15H2,1-5H3. The SMILES string of the molecule is CCc1nn(C)c(CC(NN)C(C)C(C)C)c1Br. The van der Waals surface area contributed by atoms with Crippen LogP contribution in [0.1, 0.15) is 39.1 Å². The Morgan fingerprint density at radius 3 is 2.39 bits per heavy atom. The number of nitrogens with two attached hydrogens (primary N) is 1. The minimum Gasteiger partial charge on any atom is -0.271 e. The predicted molar refractivity (Wildman–Crippen MR) is 79.1 cm³/mol. The number of nitrogens with one attached hydrogen (secondary N) is 1. The molecule has 0 spiro atoms. The Morgan fingerprint density at radius 1 is 1.39 bits per heavy atom. The molecule has 0 saturated carbocycles. The highest BCUT2D eigenvalue weighted by molar-refractivity contribution is 9.10. The molecule has 1 aromatic heterocycles. The highest BCUT2D eigenvalue weighted by Crippen LogP contribution is 2.25. The van der Waals surface area contributed by atoms with Crippen molar-refractivity contribution in [3.8, 4) is 0 Å². The van der Waals surface area contributed by atoms with Gasteiger partial charge in [0.25, 0.3) is 0 Å². The normalized spacial score (nSPS) is 15.1. The molecule has 0 bridgehead atoms. The number of aromatic nitrogens is 2. The number of hydrazine groups is 1. The van der Waals surface area contributed by atoms with Gasteiger partial charge in [-0.1, -0.05) is 27.7 Å². The van der Waals surface area contributed by atoms with Gasteiger partial charge in [0.2, 0.25) is 0 Å². The molecule has 3 N–H and O–H groups in total. The smallest absolute Gasteiger partial charge is 0.0766 e. The molecule has 104 valence electrons. The fourth-order valence-corrected chi connectivity index (χ4v) is 2.89. The zero-order valence-electron chi connectivity index (χ0n) is 12.0. The second-order valence-electron chi connectivity index (χ2n) is 5.26. The summed E-state index contributed by atoms with van der Waals surface area (Å²) in [5, 5.41) is 4.52. The van der Waals surface area contributed by atoms with Crippen molar-refractivity contribution in [1.29, 1.82) is 0 Å². The highest BCUT2D eigenvalue weighted by Gasteiger charge is 2.23. The molecule has 0 fully saturated rings. The summed E-state index contributed by atoms with van der Waals surface area (Å²) in [6.07, 6.45) is 1.83. The van der Waals surface area contributed by atoms with Gasteiger partial charge >= 0.3 is 0 Å². The quantitative estimate of drug-likeness (QED) is 0.626. The first-order chi connectivity index (χ1) is 8.42. The lowest BCUT2D eigenvalue weighted by Crippen LogP contribution is -2.43. The zero-order valence-corrected chi connectivity index (χ0v) is 13.6. The maximum absolute atomic E-state index is 5.70. The maximum Gasteiger partial charge on any atom is 0.0766 e. The maximum atomic E-state index is 5.70. The van der Waals surface area contributed by atoms with Gasteiger partial charge in [0, 0.05) is 19.5 Å². The van der Waals surface area contributed by atoms with Crippen LogP contribution in [0.25, 0.3) is 0 Å². The summed E-state index contributed by atoms with van der Waals surface area (Å²) in [4.78, 5) is 0. The van der Waals surface area contributed by atoms with Gasteiger partial charge in [0.15, 0.2) is 0 Å². The van der Waals surface area contributed by atoms with E-state index in [-0.39, 0.29) is 6.04 Å². The molecule has 0 amide bonds. The summed E-state index contributed by atoms with van der Waals surface area (Å²) >= 11 is 3.65. The monoisotopic (exact) mass is 316 g/mol. The Morgan fingerprint density at radius 2 is 2.00 bits per heavy atom. The molecule has 0 saturated heterocycles. The van der Waals surface area contributed by atoms with Crippen molar-refractivity contribution in [2.75, 3.05) is 0 Å². The molecule has 2 atom stereocenters. The van der Waals surface area contributed by atoms with E-state index < -0.39 is 0 Å².